The van der Waals surface area contributed by atoms with Crippen LogP contribution >= 0.6 is 46.4 Å². The zero-order chi connectivity index (χ0) is 10.7. The molecule has 0 N–H and O–H groups in total. The van der Waals surface area contributed by atoms with Crippen LogP contribution in [0.3, 0.4) is 0 Å². The molecule has 0 heterocycles. The second kappa shape index (κ2) is 4.92. The Morgan fingerprint density at radius 2 is 1.77 bits per heavy atom. The Kier molecular flexibility index (Phi) is 5.16. The smallest absolute Gasteiger partial charge is 0.302 e. The molecule has 0 radical (unpaired) electrons. The van der Waals surface area contributed by atoms with Gasteiger partial charge in [0.1, 0.15) is 6.61 Å². The highest BCUT2D eigenvalue weighted by Crippen LogP contribution is 2.38. The van der Waals surface area contributed by atoms with E-state index in [0.29, 0.717) is 0 Å². The van der Waals surface area contributed by atoms with E-state index in [1.54, 1.807) is 6.92 Å². The summed E-state index contributed by atoms with van der Waals surface area (Å²) >= 11 is 22.6. The summed E-state index contributed by atoms with van der Waals surface area (Å²) in [5.41, 5.74) is 0. The van der Waals surface area contributed by atoms with Gasteiger partial charge < -0.3 is 4.74 Å². The lowest BCUT2D eigenvalue weighted by molar-refractivity contribution is -0.141. The topological polar surface area (TPSA) is 26.3 Å². The van der Waals surface area contributed by atoms with Crippen molar-refractivity contribution in [3.63, 3.8) is 0 Å². The predicted molar refractivity (Wildman–Crippen MR) is 55.8 cm³/mol. The van der Waals surface area contributed by atoms with Crippen molar-refractivity contribution in [3.05, 3.63) is 0 Å². The van der Waals surface area contributed by atoms with E-state index in [1.165, 1.54) is 6.92 Å². The van der Waals surface area contributed by atoms with Crippen LogP contribution in [0.2, 0.25) is 0 Å². The number of halogens is 4. The largest absolute Gasteiger partial charge is 0.464 e. The van der Waals surface area contributed by atoms with Crippen molar-refractivity contribution in [2.75, 3.05) is 6.61 Å². The summed E-state index contributed by atoms with van der Waals surface area (Å²) in [6.45, 7) is 2.96. The van der Waals surface area contributed by atoms with Gasteiger partial charge in [-0.05, 0) is 6.92 Å². The van der Waals surface area contributed by atoms with Crippen molar-refractivity contribution in [2.45, 2.75) is 28.9 Å². The highest BCUT2D eigenvalue weighted by atomic mass is 35.6. The summed E-state index contributed by atoms with van der Waals surface area (Å²) in [5.74, 6) is -0.406. The quantitative estimate of drug-likeness (QED) is 0.579. The van der Waals surface area contributed by atoms with E-state index in [1.807, 2.05) is 0 Å². The predicted octanol–water partition coefficient (Wildman–Crippen LogP) is 3.31. The normalized spacial score (nSPS) is 16.5. The fourth-order valence-corrected chi connectivity index (χ4v) is 2.07. The van der Waals surface area contributed by atoms with E-state index >= 15 is 0 Å². The van der Waals surface area contributed by atoms with E-state index < -0.39 is 14.6 Å². The zero-order valence-electron chi connectivity index (χ0n) is 7.24. The van der Waals surface area contributed by atoms with Gasteiger partial charge in [-0.1, -0.05) is 34.8 Å². The molecule has 1 unspecified atom stereocenters. The molecule has 0 aliphatic carbocycles. The fraction of sp³-hybridized carbons (Fsp3) is 0.857. The summed E-state index contributed by atoms with van der Waals surface area (Å²) in [5, 5.41) is 0. The Labute approximate surface area is 97.4 Å². The number of hydrogen-bond donors (Lipinski definition) is 0. The molecule has 0 amide bonds. The molecule has 2 nitrogen and oxygen atoms in total. The van der Waals surface area contributed by atoms with Crippen LogP contribution in [0.25, 0.3) is 0 Å². The Morgan fingerprint density at radius 1 is 1.31 bits per heavy atom. The molecule has 0 aliphatic heterocycles. The third-order valence-electron chi connectivity index (χ3n) is 1.15. The second-order valence-electron chi connectivity index (χ2n) is 2.99. The number of alkyl halides is 4. The number of carbonyl (C=O) groups excluding carboxylic acids is 1. The highest BCUT2D eigenvalue weighted by molar-refractivity contribution is 6.67. The first-order valence-electron chi connectivity index (χ1n) is 3.51. The average Bonchev–Trinajstić information content (AvgIpc) is 1.78. The summed E-state index contributed by atoms with van der Waals surface area (Å²) in [6, 6.07) is 0. The van der Waals surface area contributed by atoms with E-state index in [0.717, 1.165) is 0 Å². The van der Waals surface area contributed by atoms with Crippen LogP contribution in [-0.4, -0.2) is 21.2 Å². The molecule has 78 valence electrons. The van der Waals surface area contributed by atoms with Gasteiger partial charge in [0.2, 0.25) is 0 Å². The summed E-state index contributed by atoms with van der Waals surface area (Å²) in [6.07, 6.45) is 0.111. The Morgan fingerprint density at radius 3 is 2.08 bits per heavy atom. The van der Waals surface area contributed by atoms with Gasteiger partial charge in [0.05, 0.1) is 4.87 Å². The monoisotopic (exact) mass is 266 g/mol. The minimum Gasteiger partial charge on any atom is -0.464 e. The average molecular weight is 268 g/mol. The summed E-state index contributed by atoms with van der Waals surface area (Å²) in [7, 11) is 0. The van der Waals surface area contributed by atoms with Crippen LogP contribution in [0, 0.1) is 0 Å². The van der Waals surface area contributed by atoms with Crippen LogP contribution in [0.15, 0.2) is 0 Å². The van der Waals surface area contributed by atoms with E-state index in [-0.39, 0.29) is 13.0 Å². The lowest BCUT2D eigenvalue weighted by atomic mass is 10.1. The molecular formula is C7H10Cl4O2. The number of esters is 1. The molecule has 0 aromatic carbocycles. The van der Waals surface area contributed by atoms with Gasteiger partial charge in [-0.2, -0.15) is 0 Å². The maximum Gasteiger partial charge on any atom is 0.302 e. The Bertz CT molecular complexity index is 185. The molecule has 6 heteroatoms. The first kappa shape index (κ1) is 13.6. The second-order valence-corrected chi connectivity index (χ2v) is 6.41. The molecule has 0 fully saturated rings. The zero-order valence-corrected chi connectivity index (χ0v) is 10.3. The van der Waals surface area contributed by atoms with Gasteiger partial charge in [0.15, 0.2) is 3.79 Å². The lowest BCUT2D eigenvalue weighted by Gasteiger charge is -2.25. The molecule has 0 aliphatic rings. The van der Waals surface area contributed by atoms with Crippen molar-refractivity contribution in [3.8, 4) is 0 Å². The fourth-order valence-electron chi connectivity index (χ4n) is 0.721. The van der Waals surface area contributed by atoms with Crippen LogP contribution in [0.1, 0.15) is 20.3 Å². The molecule has 0 aromatic rings. The van der Waals surface area contributed by atoms with Crippen molar-refractivity contribution < 1.29 is 9.53 Å². The molecule has 0 saturated heterocycles. The maximum atomic E-state index is 10.5. The van der Waals surface area contributed by atoms with Crippen molar-refractivity contribution >= 4 is 52.4 Å². The SMILES string of the molecule is CC(=O)OCC(C)(Cl)CC(Cl)(Cl)Cl. The minimum atomic E-state index is -1.43. The summed E-state index contributed by atoms with van der Waals surface area (Å²) < 4.78 is 3.27. The molecule has 0 aromatic heterocycles. The molecule has 0 saturated carbocycles. The van der Waals surface area contributed by atoms with Crippen LogP contribution < -0.4 is 0 Å². The molecule has 0 spiro atoms. The van der Waals surface area contributed by atoms with Crippen molar-refractivity contribution in [1.29, 1.82) is 0 Å². The molecule has 0 bridgehead atoms. The van der Waals surface area contributed by atoms with Gasteiger partial charge >= 0.3 is 5.97 Å². The number of carbonyl (C=O) groups is 1. The van der Waals surface area contributed by atoms with Gasteiger partial charge in [0.25, 0.3) is 0 Å². The van der Waals surface area contributed by atoms with Gasteiger partial charge in [-0.25, -0.2) is 0 Å². The number of ether oxygens (including phenoxy) is 1. The minimum absolute atomic E-state index is 0.0256. The number of hydrogen-bond acceptors (Lipinski definition) is 2. The maximum absolute atomic E-state index is 10.5. The first-order chi connectivity index (χ1) is 5.62. The molecule has 1 atom stereocenters. The third-order valence-corrected chi connectivity index (χ3v) is 1.79. The van der Waals surface area contributed by atoms with Gasteiger partial charge in [0, 0.05) is 13.3 Å². The van der Waals surface area contributed by atoms with Crippen molar-refractivity contribution in [2.24, 2.45) is 0 Å². The van der Waals surface area contributed by atoms with E-state index in [9.17, 15) is 4.79 Å². The van der Waals surface area contributed by atoms with Crippen LogP contribution in [0.4, 0.5) is 0 Å². The van der Waals surface area contributed by atoms with E-state index in [2.05, 4.69) is 0 Å². The summed E-state index contributed by atoms with van der Waals surface area (Å²) in [4.78, 5) is 9.63. The van der Waals surface area contributed by atoms with Gasteiger partial charge in [-0.3, -0.25) is 4.79 Å². The highest BCUT2D eigenvalue weighted by Gasteiger charge is 2.33. The number of rotatable bonds is 3. The standard InChI is InChI=1S/C7H10Cl4O2/c1-5(12)13-4-6(2,8)3-7(9,10)11/h3-4H2,1-2H3. The lowest BCUT2D eigenvalue weighted by Crippen LogP contribution is -2.30. The van der Waals surface area contributed by atoms with Crippen LogP contribution in [0.5, 0.6) is 0 Å². The first-order valence-corrected chi connectivity index (χ1v) is 5.03. The Hall–Kier alpha value is 0.630. The van der Waals surface area contributed by atoms with Crippen molar-refractivity contribution in [1.82, 2.24) is 0 Å². The van der Waals surface area contributed by atoms with E-state index in [4.69, 9.17) is 51.1 Å². The third kappa shape index (κ3) is 8.95. The Balaban J connectivity index is 4.01. The van der Waals surface area contributed by atoms with Gasteiger partial charge in [-0.15, -0.1) is 11.6 Å². The molecular weight excluding hydrogens is 258 g/mol. The molecule has 13 heavy (non-hydrogen) atoms. The molecule has 0 rings (SSSR count). The van der Waals surface area contributed by atoms with Crippen LogP contribution in [-0.2, 0) is 9.53 Å².